The Hall–Kier alpha value is -4.86. The van der Waals surface area contributed by atoms with E-state index in [1.807, 2.05) is 98.8 Å². The Bertz CT molecular complexity index is 1270. The molecule has 0 aliphatic rings. The average molecular weight is 572 g/mol. The molecule has 8 N–H and O–H groups in total. The van der Waals surface area contributed by atoms with Crippen LogP contribution in [0.4, 0.5) is 4.79 Å². The summed E-state index contributed by atoms with van der Waals surface area (Å²) in [6, 6.07) is 25.6. The van der Waals surface area contributed by atoms with Crippen LogP contribution in [-0.2, 0) is 22.7 Å². The number of hydrogen-bond donors (Lipinski definition) is 6. The van der Waals surface area contributed by atoms with Crippen molar-refractivity contribution in [3.8, 4) is 0 Å². The number of rotatable bonds is 14. The lowest BCUT2D eigenvalue weighted by Gasteiger charge is -2.23. The summed E-state index contributed by atoms with van der Waals surface area (Å²) in [5, 5.41) is 11.5. The molecule has 0 fully saturated rings. The van der Waals surface area contributed by atoms with Crippen molar-refractivity contribution in [2.45, 2.75) is 57.8 Å². The topological polar surface area (TPSA) is 164 Å². The highest BCUT2D eigenvalue weighted by atomic mass is 16.2. The van der Waals surface area contributed by atoms with Crippen LogP contribution in [0.2, 0.25) is 0 Å². The van der Waals surface area contributed by atoms with E-state index in [-0.39, 0.29) is 36.4 Å². The highest BCUT2D eigenvalue weighted by molar-refractivity contribution is 5.92. The van der Waals surface area contributed by atoms with Gasteiger partial charge in [-0.2, -0.15) is 0 Å². The van der Waals surface area contributed by atoms with Crippen molar-refractivity contribution < 1.29 is 14.4 Å². The first-order valence-electron chi connectivity index (χ1n) is 14.1. The summed E-state index contributed by atoms with van der Waals surface area (Å²) in [5.41, 5.74) is 14.4. The summed E-state index contributed by atoms with van der Waals surface area (Å²) in [6.07, 6.45) is 0.859. The second kappa shape index (κ2) is 16.4. The minimum Gasteiger partial charge on any atom is -0.370 e. The Morgan fingerprint density at radius 1 is 0.714 bits per heavy atom. The zero-order chi connectivity index (χ0) is 30.3. The number of nitrogens with zero attached hydrogens (tertiary/aromatic N) is 1. The zero-order valence-electron chi connectivity index (χ0n) is 24.2. The Morgan fingerprint density at radius 2 is 1.24 bits per heavy atom. The van der Waals surface area contributed by atoms with Crippen molar-refractivity contribution in [3.05, 3.63) is 107 Å². The Balaban J connectivity index is 1.67. The van der Waals surface area contributed by atoms with Crippen LogP contribution in [0.25, 0.3) is 0 Å². The molecule has 3 aromatic rings. The fraction of sp³-hybridized carbons (Fsp3) is 0.312. The number of carbonyl (C=O) groups is 3. The monoisotopic (exact) mass is 571 g/mol. The van der Waals surface area contributed by atoms with E-state index in [0.29, 0.717) is 25.9 Å². The molecule has 222 valence electrons. The van der Waals surface area contributed by atoms with Crippen molar-refractivity contribution in [2.24, 2.45) is 16.5 Å². The molecule has 0 unspecified atom stereocenters. The fourth-order valence-electron chi connectivity index (χ4n) is 4.40. The van der Waals surface area contributed by atoms with Gasteiger partial charge >= 0.3 is 6.03 Å². The van der Waals surface area contributed by atoms with Crippen molar-refractivity contribution in [1.29, 1.82) is 0 Å². The van der Waals surface area contributed by atoms with Gasteiger partial charge in [-0.3, -0.25) is 14.6 Å². The second-order valence-electron chi connectivity index (χ2n) is 10.3. The van der Waals surface area contributed by atoms with Crippen molar-refractivity contribution in [2.75, 3.05) is 6.54 Å². The van der Waals surface area contributed by atoms with Crippen LogP contribution in [0.3, 0.4) is 0 Å². The number of carbonyl (C=O) groups excluding carboxylic acids is 3. The standard InChI is InChI=1S/C32H41N7O3/c1-22(2)38-32(42)37-21-24-17-15-23(16-18-24)20-36-29(40)27(14-9-19-35-31(33)34)39-30(41)28(25-10-5-3-6-11-25)26-12-7-4-8-13-26/h3-8,10-13,15-18,22,27-28H,9,14,19-21H2,1-2H3,(H,36,40)(H,39,41)(H4,33,34,35)(H2,37,38,42)/t27-/m1/s1. The van der Waals surface area contributed by atoms with E-state index >= 15 is 0 Å². The summed E-state index contributed by atoms with van der Waals surface area (Å²) in [4.78, 5) is 42.9. The lowest BCUT2D eigenvalue weighted by atomic mass is 9.90. The van der Waals surface area contributed by atoms with Crippen molar-refractivity contribution in [3.63, 3.8) is 0 Å². The lowest BCUT2D eigenvalue weighted by Crippen LogP contribution is -2.48. The lowest BCUT2D eigenvalue weighted by molar-refractivity contribution is -0.129. The molecule has 1 atom stereocenters. The van der Waals surface area contributed by atoms with E-state index in [2.05, 4.69) is 26.3 Å². The molecule has 0 heterocycles. The molecular weight excluding hydrogens is 530 g/mol. The quantitative estimate of drug-likeness (QED) is 0.0994. The number of aliphatic imine (C=N–C) groups is 1. The molecule has 10 heteroatoms. The van der Waals surface area contributed by atoms with Gasteiger partial charge in [0.2, 0.25) is 11.8 Å². The fourth-order valence-corrected chi connectivity index (χ4v) is 4.40. The first-order chi connectivity index (χ1) is 20.2. The van der Waals surface area contributed by atoms with Crippen LogP contribution in [-0.4, -0.2) is 42.4 Å². The maximum atomic E-state index is 13.7. The molecule has 3 rings (SSSR count). The van der Waals surface area contributed by atoms with Gasteiger partial charge in [-0.05, 0) is 48.9 Å². The summed E-state index contributed by atoms with van der Waals surface area (Å²) in [5.74, 6) is -1.17. The second-order valence-corrected chi connectivity index (χ2v) is 10.3. The Kier molecular flexibility index (Phi) is 12.4. The molecule has 42 heavy (non-hydrogen) atoms. The number of nitrogens with one attached hydrogen (secondary N) is 4. The third-order valence-electron chi connectivity index (χ3n) is 6.47. The Morgan fingerprint density at radius 3 is 1.74 bits per heavy atom. The predicted octanol–water partition coefficient (Wildman–Crippen LogP) is 2.88. The molecule has 0 saturated carbocycles. The van der Waals surface area contributed by atoms with Crippen LogP contribution >= 0.6 is 0 Å². The summed E-state index contributed by atoms with van der Waals surface area (Å²) in [6.45, 7) is 4.80. The molecule has 0 aliphatic carbocycles. The van der Waals surface area contributed by atoms with E-state index < -0.39 is 12.0 Å². The molecule has 0 spiro atoms. The number of benzene rings is 3. The highest BCUT2D eigenvalue weighted by Gasteiger charge is 2.27. The molecule has 0 radical (unpaired) electrons. The van der Waals surface area contributed by atoms with E-state index in [0.717, 1.165) is 22.3 Å². The number of amides is 4. The van der Waals surface area contributed by atoms with Gasteiger partial charge in [0, 0.05) is 25.7 Å². The first kappa shape index (κ1) is 31.7. The maximum Gasteiger partial charge on any atom is 0.315 e. The molecule has 0 saturated heterocycles. The molecule has 10 nitrogen and oxygen atoms in total. The van der Waals surface area contributed by atoms with Gasteiger partial charge < -0.3 is 32.7 Å². The van der Waals surface area contributed by atoms with Gasteiger partial charge in [0.15, 0.2) is 5.96 Å². The van der Waals surface area contributed by atoms with E-state index in [1.165, 1.54) is 0 Å². The molecular formula is C32H41N7O3. The molecule has 0 bridgehead atoms. The number of hydrogen-bond acceptors (Lipinski definition) is 4. The molecule has 3 aromatic carbocycles. The van der Waals surface area contributed by atoms with Gasteiger partial charge in [0.05, 0.1) is 5.92 Å². The summed E-state index contributed by atoms with van der Waals surface area (Å²) < 4.78 is 0. The minimum absolute atomic E-state index is 0.0209. The van der Waals surface area contributed by atoms with E-state index in [4.69, 9.17) is 11.5 Å². The SMILES string of the molecule is CC(C)NC(=O)NCc1ccc(CNC(=O)[C@@H](CCCN=C(N)N)NC(=O)C(c2ccccc2)c2ccccc2)cc1. The number of guanidine groups is 1. The minimum atomic E-state index is -0.787. The number of nitrogens with two attached hydrogens (primary N) is 2. The Labute approximate surface area is 247 Å². The van der Waals surface area contributed by atoms with E-state index in [9.17, 15) is 14.4 Å². The van der Waals surface area contributed by atoms with Crippen LogP contribution in [0.15, 0.2) is 89.9 Å². The third-order valence-corrected chi connectivity index (χ3v) is 6.47. The maximum absolute atomic E-state index is 13.7. The van der Waals surface area contributed by atoms with Gasteiger partial charge in [-0.1, -0.05) is 84.9 Å². The normalized spacial score (nSPS) is 11.4. The summed E-state index contributed by atoms with van der Waals surface area (Å²) >= 11 is 0. The highest BCUT2D eigenvalue weighted by Crippen LogP contribution is 2.25. The molecule has 4 amide bonds. The van der Waals surface area contributed by atoms with Crippen LogP contribution in [0, 0.1) is 0 Å². The third kappa shape index (κ3) is 10.6. The van der Waals surface area contributed by atoms with Gasteiger partial charge in [-0.25, -0.2) is 4.79 Å². The van der Waals surface area contributed by atoms with Crippen molar-refractivity contribution in [1.82, 2.24) is 21.3 Å². The van der Waals surface area contributed by atoms with Crippen LogP contribution < -0.4 is 32.7 Å². The van der Waals surface area contributed by atoms with Crippen LogP contribution in [0.1, 0.15) is 54.9 Å². The van der Waals surface area contributed by atoms with Gasteiger partial charge in [0.25, 0.3) is 0 Å². The van der Waals surface area contributed by atoms with Crippen LogP contribution in [0.5, 0.6) is 0 Å². The first-order valence-corrected chi connectivity index (χ1v) is 14.1. The zero-order valence-corrected chi connectivity index (χ0v) is 24.2. The van der Waals surface area contributed by atoms with Crippen molar-refractivity contribution >= 4 is 23.8 Å². The smallest absolute Gasteiger partial charge is 0.315 e. The molecule has 0 aromatic heterocycles. The van der Waals surface area contributed by atoms with Gasteiger partial charge in [0.1, 0.15) is 6.04 Å². The largest absolute Gasteiger partial charge is 0.370 e. The number of urea groups is 1. The van der Waals surface area contributed by atoms with Gasteiger partial charge in [-0.15, -0.1) is 0 Å². The van der Waals surface area contributed by atoms with E-state index in [1.54, 1.807) is 0 Å². The molecule has 0 aliphatic heterocycles. The summed E-state index contributed by atoms with van der Waals surface area (Å²) in [7, 11) is 0. The average Bonchev–Trinajstić information content (AvgIpc) is 2.97. The predicted molar refractivity (Wildman–Crippen MR) is 165 cm³/mol.